The number of carbonyl (C=O) groups is 1. The Balaban J connectivity index is 1.27. The van der Waals surface area contributed by atoms with Gasteiger partial charge in [-0.2, -0.15) is 0 Å². The van der Waals surface area contributed by atoms with Gasteiger partial charge in [0.05, 0.1) is 24.9 Å². The van der Waals surface area contributed by atoms with Crippen LogP contribution in [0.4, 0.5) is 0 Å². The summed E-state index contributed by atoms with van der Waals surface area (Å²) in [4.78, 5) is 18.8. The number of carbonyl (C=O) groups excluding carboxylic acids is 1. The van der Waals surface area contributed by atoms with Crippen molar-refractivity contribution in [2.24, 2.45) is 11.3 Å². The Kier molecular flexibility index (Phi) is 4.78. The summed E-state index contributed by atoms with van der Waals surface area (Å²) in [5.41, 5.74) is 1.97. The molecule has 1 unspecified atom stereocenters. The van der Waals surface area contributed by atoms with Crippen LogP contribution in [-0.2, 0) is 9.47 Å². The highest BCUT2D eigenvalue weighted by molar-refractivity contribution is 5.94. The molecule has 2 aliphatic heterocycles. The highest BCUT2D eigenvalue weighted by Crippen LogP contribution is 2.42. The molecule has 2 saturated heterocycles. The zero-order chi connectivity index (χ0) is 17.3. The van der Waals surface area contributed by atoms with Crippen LogP contribution in [0.5, 0.6) is 0 Å². The maximum Gasteiger partial charge on any atom is 0.255 e. The largest absolute Gasteiger partial charge is 0.378 e. The van der Waals surface area contributed by atoms with Gasteiger partial charge in [-0.05, 0) is 62.0 Å². The second-order valence-electron chi connectivity index (χ2n) is 8.16. The number of pyridine rings is 1. The van der Waals surface area contributed by atoms with E-state index in [9.17, 15) is 4.79 Å². The van der Waals surface area contributed by atoms with Crippen molar-refractivity contribution in [2.75, 3.05) is 32.9 Å². The first kappa shape index (κ1) is 17.0. The lowest BCUT2D eigenvalue weighted by Gasteiger charge is -2.38. The zero-order valence-corrected chi connectivity index (χ0v) is 15.1. The summed E-state index contributed by atoms with van der Waals surface area (Å²) in [5.74, 6) is 0.912. The second kappa shape index (κ2) is 7.04. The first-order valence-corrected chi connectivity index (χ1v) is 9.54. The number of likely N-dealkylation sites (tertiary alicyclic amines) is 1. The number of nitrogens with zero attached hydrogens (tertiary/aromatic N) is 2. The van der Waals surface area contributed by atoms with Crippen molar-refractivity contribution < 1.29 is 14.3 Å². The fraction of sp³-hybridized carbons (Fsp3) is 0.700. The Morgan fingerprint density at radius 3 is 2.84 bits per heavy atom. The minimum absolute atomic E-state index is 0.106. The van der Waals surface area contributed by atoms with E-state index in [4.69, 9.17) is 9.47 Å². The molecule has 0 radical (unpaired) electrons. The predicted octanol–water partition coefficient (Wildman–Crippen LogP) is 2.83. The number of aryl methyl sites for hydroxylation is 1. The zero-order valence-electron chi connectivity index (χ0n) is 15.1. The van der Waals surface area contributed by atoms with Gasteiger partial charge in [-0.1, -0.05) is 0 Å². The number of ether oxygens (including phenoxy) is 2. The van der Waals surface area contributed by atoms with Gasteiger partial charge in [-0.25, -0.2) is 0 Å². The van der Waals surface area contributed by atoms with E-state index in [0.29, 0.717) is 5.56 Å². The van der Waals surface area contributed by atoms with Gasteiger partial charge < -0.3 is 14.4 Å². The molecule has 3 heterocycles. The lowest BCUT2D eigenvalue weighted by molar-refractivity contribution is 0.00938. The fourth-order valence-corrected chi connectivity index (χ4v) is 4.04. The standard InChI is InChI=1S/C20H28N2O3/c1-15-8-17(11-21-10-15)19(23)22-6-4-20(5-7-22)9-18(25-14-20)13-24-12-16-2-3-16/h8,10-11,16,18H,2-7,9,12-14H2,1H3. The molecular formula is C20H28N2O3. The van der Waals surface area contributed by atoms with E-state index in [2.05, 4.69) is 4.98 Å². The Morgan fingerprint density at radius 2 is 2.12 bits per heavy atom. The van der Waals surface area contributed by atoms with Crippen LogP contribution in [0, 0.1) is 18.3 Å². The summed E-state index contributed by atoms with van der Waals surface area (Å²) in [5, 5.41) is 0. The number of rotatable bonds is 5. The van der Waals surface area contributed by atoms with Gasteiger partial charge in [-0.3, -0.25) is 9.78 Å². The monoisotopic (exact) mass is 344 g/mol. The number of hydrogen-bond acceptors (Lipinski definition) is 4. The minimum Gasteiger partial charge on any atom is -0.378 e. The highest BCUT2D eigenvalue weighted by Gasteiger charge is 2.43. The minimum atomic E-state index is 0.106. The van der Waals surface area contributed by atoms with Crippen LogP contribution in [0.3, 0.4) is 0 Å². The Morgan fingerprint density at radius 1 is 1.32 bits per heavy atom. The van der Waals surface area contributed by atoms with Gasteiger partial charge >= 0.3 is 0 Å². The summed E-state index contributed by atoms with van der Waals surface area (Å²) >= 11 is 0. The molecule has 0 aromatic carbocycles. The highest BCUT2D eigenvalue weighted by atomic mass is 16.5. The molecule has 25 heavy (non-hydrogen) atoms. The van der Waals surface area contributed by atoms with Crippen LogP contribution >= 0.6 is 0 Å². The summed E-state index contributed by atoms with van der Waals surface area (Å²) in [6, 6.07) is 1.92. The molecular weight excluding hydrogens is 316 g/mol. The van der Waals surface area contributed by atoms with Gasteiger partial charge in [0, 0.05) is 32.1 Å². The average Bonchev–Trinajstić information content (AvgIpc) is 3.36. The molecule has 1 amide bonds. The second-order valence-corrected chi connectivity index (χ2v) is 8.16. The molecule has 3 aliphatic rings. The smallest absolute Gasteiger partial charge is 0.255 e. The van der Waals surface area contributed by atoms with E-state index in [1.807, 2.05) is 17.9 Å². The maximum absolute atomic E-state index is 12.7. The molecule has 5 heteroatoms. The van der Waals surface area contributed by atoms with Crippen molar-refractivity contribution in [2.45, 2.75) is 45.1 Å². The normalized spacial score (nSPS) is 25.5. The third kappa shape index (κ3) is 4.04. The van der Waals surface area contributed by atoms with Gasteiger partial charge in [0.1, 0.15) is 0 Å². The van der Waals surface area contributed by atoms with E-state index in [-0.39, 0.29) is 17.4 Å². The predicted molar refractivity (Wildman–Crippen MR) is 94.4 cm³/mol. The third-order valence-electron chi connectivity index (χ3n) is 5.87. The molecule has 1 aromatic rings. The number of amides is 1. The van der Waals surface area contributed by atoms with Crippen molar-refractivity contribution in [1.82, 2.24) is 9.88 Å². The van der Waals surface area contributed by atoms with Crippen molar-refractivity contribution in [3.05, 3.63) is 29.6 Å². The molecule has 1 aromatic heterocycles. The number of aromatic nitrogens is 1. The average molecular weight is 344 g/mol. The van der Waals surface area contributed by atoms with Crippen molar-refractivity contribution in [3.8, 4) is 0 Å². The lowest BCUT2D eigenvalue weighted by Crippen LogP contribution is -2.43. The Labute approximate surface area is 149 Å². The van der Waals surface area contributed by atoms with E-state index >= 15 is 0 Å². The van der Waals surface area contributed by atoms with Gasteiger partial charge in [0.2, 0.25) is 0 Å². The fourth-order valence-electron chi connectivity index (χ4n) is 4.04. The van der Waals surface area contributed by atoms with E-state index in [0.717, 1.165) is 63.7 Å². The summed E-state index contributed by atoms with van der Waals surface area (Å²) in [6.45, 7) is 6.04. The first-order chi connectivity index (χ1) is 12.1. The molecule has 0 N–H and O–H groups in total. The topological polar surface area (TPSA) is 51.7 Å². The van der Waals surface area contributed by atoms with E-state index in [1.54, 1.807) is 12.4 Å². The molecule has 0 bridgehead atoms. The molecule has 5 nitrogen and oxygen atoms in total. The van der Waals surface area contributed by atoms with Gasteiger partial charge in [-0.15, -0.1) is 0 Å². The third-order valence-corrected chi connectivity index (χ3v) is 5.87. The van der Waals surface area contributed by atoms with E-state index in [1.165, 1.54) is 12.8 Å². The molecule has 1 aliphatic carbocycles. The first-order valence-electron chi connectivity index (χ1n) is 9.54. The molecule has 1 atom stereocenters. The quantitative estimate of drug-likeness (QED) is 0.824. The van der Waals surface area contributed by atoms with E-state index < -0.39 is 0 Å². The molecule has 1 saturated carbocycles. The molecule has 136 valence electrons. The summed E-state index contributed by atoms with van der Waals surface area (Å²) in [6.07, 6.45) is 9.47. The van der Waals surface area contributed by atoms with Crippen molar-refractivity contribution >= 4 is 5.91 Å². The number of hydrogen-bond donors (Lipinski definition) is 0. The van der Waals surface area contributed by atoms with Crippen LogP contribution < -0.4 is 0 Å². The van der Waals surface area contributed by atoms with Gasteiger partial charge in [0.25, 0.3) is 5.91 Å². The molecule has 4 rings (SSSR count). The Hall–Kier alpha value is -1.46. The van der Waals surface area contributed by atoms with Crippen LogP contribution in [-0.4, -0.2) is 54.8 Å². The van der Waals surface area contributed by atoms with Crippen LogP contribution in [0.2, 0.25) is 0 Å². The Bertz CT molecular complexity index is 621. The van der Waals surface area contributed by atoms with Gasteiger partial charge in [0.15, 0.2) is 0 Å². The lowest BCUT2D eigenvalue weighted by atomic mass is 9.76. The van der Waals surface area contributed by atoms with Crippen LogP contribution in [0.1, 0.15) is 48.0 Å². The van der Waals surface area contributed by atoms with Crippen LogP contribution in [0.25, 0.3) is 0 Å². The van der Waals surface area contributed by atoms with Crippen molar-refractivity contribution in [3.63, 3.8) is 0 Å². The SMILES string of the molecule is Cc1cncc(C(=O)N2CCC3(CC2)COC(COCC2CC2)C3)c1. The molecule has 1 spiro atoms. The number of piperidine rings is 1. The maximum atomic E-state index is 12.7. The summed E-state index contributed by atoms with van der Waals surface area (Å²) < 4.78 is 11.8. The van der Waals surface area contributed by atoms with Crippen LogP contribution in [0.15, 0.2) is 18.5 Å². The van der Waals surface area contributed by atoms with Crippen molar-refractivity contribution in [1.29, 1.82) is 0 Å². The molecule has 3 fully saturated rings. The summed E-state index contributed by atoms with van der Waals surface area (Å²) in [7, 11) is 0.